The Morgan fingerprint density at radius 3 is 2.40 bits per heavy atom. The number of carbonyl (C=O) groups excluding carboxylic acids is 4. The van der Waals surface area contributed by atoms with Crippen molar-refractivity contribution in [1.29, 1.82) is 0 Å². The second kappa shape index (κ2) is 13.3. The Bertz CT molecular complexity index is 1400. The smallest absolute Gasteiger partial charge is 0.247 e. The van der Waals surface area contributed by atoms with Crippen molar-refractivity contribution in [2.45, 2.75) is 44.3 Å². The molecule has 0 saturated heterocycles. The monoisotopic (exact) mass is 564 g/mol. The minimum absolute atomic E-state index is 0.00192. The minimum Gasteiger partial charge on any atom is -0.342 e. The van der Waals surface area contributed by atoms with E-state index in [-0.39, 0.29) is 61.2 Å². The quantitative estimate of drug-likeness (QED) is 0.323. The van der Waals surface area contributed by atoms with E-state index in [1.807, 2.05) is 24.3 Å². The molecule has 4 N–H and O–H groups in total. The van der Waals surface area contributed by atoms with Gasteiger partial charge < -0.3 is 21.3 Å². The molecule has 0 radical (unpaired) electrons. The molecule has 8 nitrogen and oxygen atoms in total. The van der Waals surface area contributed by atoms with E-state index >= 15 is 0 Å². The van der Waals surface area contributed by atoms with Crippen LogP contribution in [-0.2, 0) is 27.3 Å². The lowest BCUT2D eigenvalue weighted by atomic mass is 9.92. The van der Waals surface area contributed by atoms with Crippen molar-refractivity contribution in [3.63, 3.8) is 0 Å². The fourth-order valence-electron chi connectivity index (χ4n) is 4.67. The van der Waals surface area contributed by atoms with Crippen LogP contribution >= 0.6 is 11.6 Å². The average Bonchev–Trinajstić information content (AvgIpc) is 2.97. The Kier molecular flexibility index (Phi) is 9.63. The van der Waals surface area contributed by atoms with Gasteiger partial charge in [-0.05, 0) is 42.3 Å². The molecular weight excluding hydrogens is 535 g/mol. The summed E-state index contributed by atoms with van der Waals surface area (Å²) in [6.45, 7) is 0.284. The fourth-order valence-corrected chi connectivity index (χ4v) is 4.83. The molecule has 40 heavy (non-hydrogen) atoms. The lowest BCUT2D eigenvalue weighted by Gasteiger charge is -2.36. The van der Waals surface area contributed by atoms with Crippen molar-refractivity contribution >= 4 is 40.8 Å². The van der Waals surface area contributed by atoms with Gasteiger partial charge in [0, 0.05) is 31.4 Å². The molecule has 3 amide bonds. The first kappa shape index (κ1) is 28.9. The lowest BCUT2D eigenvalue weighted by molar-refractivity contribution is -0.142. The van der Waals surface area contributed by atoms with E-state index in [9.17, 15) is 23.6 Å². The first-order chi connectivity index (χ1) is 19.3. The number of benzene rings is 3. The van der Waals surface area contributed by atoms with Crippen molar-refractivity contribution in [2.75, 3.05) is 11.9 Å². The number of Topliss-reactive ketones (excluding diaryl/α,β-unsaturated/α-hetero) is 1. The Morgan fingerprint density at radius 2 is 1.68 bits per heavy atom. The zero-order valence-corrected chi connectivity index (χ0v) is 22.5. The van der Waals surface area contributed by atoms with Crippen LogP contribution in [0.5, 0.6) is 0 Å². The van der Waals surface area contributed by atoms with Crippen LogP contribution < -0.4 is 16.4 Å². The number of hydrogen-bond donors (Lipinski definition) is 3. The second-order valence-corrected chi connectivity index (χ2v) is 9.96. The predicted molar refractivity (Wildman–Crippen MR) is 150 cm³/mol. The highest BCUT2D eigenvalue weighted by atomic mass is 35.5. The number of halogens is 2. The lowest BCUT2D eigenvalue weighted by Crippen LogP contribution is -2.56. The molecule has 208 valence electrons. The first-order valence-electron chi connectivity index (χ1n) is 13.0. The standard InChI is InChI=1S/C30H30ClFN4O4/c31-23-11-10-22(32)17-25(23)35-29(39)24(14-15-33)34-30(40)26-16-20-8-4-5-9-21(20)18-36(26)28(38)13-12-27(37)19-6-2-1-3-7-19/h1-11,17,24,26H,12-16,18,33H2,(H,34,40)(H,35,39)/t24-,26?/m0/s1. The van der Waals surface area contributed by atoms with E-state index in [0.717, 1.165) is 23.3 Å². The SMILES string of the molecule is NCC[C@H](NC(=O)C1Cc2ccccc2CN1C(=O)CCC(=O)c1ccccc1)C(=O)Nc1cc(F)ccc1Cl. The Balaban J connectivity index is 1.50. The molecule has 1 aliphatic rings. The number of carbonyl (C=O) groups is 4. The van der Waals surface area contributed by atoms with E-state index < -0.39 is 29.7 Å². The van der Waals surface area contributed by atoms with Gasteiger partial charge in [0.2, 0.25) is 17.7 Å². The van der Waals surface area contributed by atoms with E-state index in [1.165, 1.54) is 11.0 Å². The van der Waals surface area contributed by atoms with Crippen LogP contribution in [0.3, 0.4) is 0 Å². The number of rotatable bonds is 10. The number of hydrogen-bond acceptors (Lipinski definition) is 5. The van der Waals surface area contributed by atoms with E-state index in [4.69, 9.17) is 17.3 Å². The number of nitrogens with zero attached hydrogens (tertiary/aromatic N) is 1. The van der Waals surface area contributed by atoms with Gasteiger partial charge in [-0.1, -0.05) is 66.2 Å². The molecule has 0 aliphatic carbocycles. The molecule has 3 aromatic rings. The van der Waals surface area contributed by atoms with Crippen LogP contribution in [0.2, 0.25) is 5.02 Å². The summed E-state index contributed by atoms with van der Waals surface area (Å²) < 4.78 is 13.7. The third kappa shape index (κ3) is 7.11. The summed E-state index contributed by atoms with van der Waals surface area (Å²) in [7, 11) is 0. The molecule has 0 fully saturated rings. The van der Waals surface area contributed by atoms with Gasteiger partial charge in [-0.15, -0.1) is 0 Å². The summed E-state index contributed by atoms with van der Waals surface area (Å²) >= 11 is 6.08. The van der Waals surface area contributed by atoms with Crippen molar-refractivity contribution in [1.82, 2.24) is 10.2 Å². The van der Waals surface area contributed by atoms with Gasteiger partial charge in [0.25, 0.3) is 0 Å². The topological polar surface area (TPSA) is 122 Å². The summed E-state index contributed by atoms with van der Waals surface area (Å²) in [4.78, 5) is 54.0. The minimum atomic E-state index is -1.05. The maximum atomic E-state index is 13.7. The first-order valence-corrected chi connectivity index (χ1v) is 13.4. The van der Waals surface area contributed by atoms with Gasteiger partial charge in [0.05, 0.1) is 10.7 Å². The molecule has 10 heteroatoms. The summed E-state index contributed by atoms with van der Waals surface area (Å²) in [5.41, 5.74) is 8.11. The van der Waals surface area contributed by atoms with Gasteiger partial charge in [-0.2, -0.15) is 0 Å². The van der Waals surface area contributed by atoms with Crippen LogP contribution in [0.25, 0.3) is 0 Å². The number of amides is 3. The zero-order valence-electron chi connectivity index (χ0n) is 21.7. The van der Waals surface area contributed by atoms with Crippen LogP contribution in [0, 0.1) is 5.82 Å². The second-order valence-electron chi connectivity index (χ2n) is 9.55. The maximum absolute atomic E-state index is 13.7. The average molecular weight is 565 g/mol. The molecule has 0 spiro atoms. The summed E-state index contributed by atoms with van der Waals surface area (Å²) in [6.07, 6.45) is 0.285. The number of nitrogens with one attached hydrogen (secondary N) is 2. The maximum Gasteiger partial charge on any atom is 0.247 e. The number of nitrogens with two attached hydrogens (primary N) is 1. The van der Waals surface area contributed by atoms with Crippen LogP contribution in [0.4, 0.5) is 10.1 Å². The molecule has 0 aromatic heterocycles. The largest absolute Gasteiger partial charge is 0.342 e. The molecule has 2 atom stereocenters. The summed E-state index contributed by atoms with van der Waals surface area (Å²) in [5, 5.41) is 5.40. The molecule has 4 rings (SSSR count). The van der Waals surface area contributed by atoms with E-state index in [0.29, 0.717) is 5.56 Å². The number of anilines is 1. The third-order valence-corrected chi connectivity index (χ3v) is 7.14. The predicted octanol–water partition coefficient (Wildman–Crippen LogP) is 3.87. The van der Waals surface area contributed by atoms with Gasteiger partial charge in [-0.25, -0.2) is 4.39 Å². The van der Waals surface area contributed by atoms with Crippen LogP contribution in [-0.4, -0.2) is 47.0 Å². The molecular formula is C30H30ClFN4O4. The normalized spacial score (nSPS) is 15.1. The summed E-state index contributed by atoms with van der Waals surface area (Å²) in [5.74, 6) is -2.24. The highest BCUT2D eigenvalue weighted by Crippen LogP contribution is 2.26. The molecule has 0 bridgehead atoms. The molecule has 1 heterocycles. The zero-order chi connectivity index (χ0) is 28.6. The summed E-state index contributed by atoms with van der Waals surface area (Å²) in [6, 6.07) is 17.8. The van der Waals surface area contributed by atoms with Crippen molar-refractivity contribution in [3.8, 4) is 0 Å². The Labute approximate surface area is 236 Å². The molecule has 1 aliphatic heterocycles. The highest BCUT2D eigenvalue weighted by Gasteiger charge is 2.36. The Morgan fingerprint density at radius 1 is 0.975 bits per heavy atom. The fraction of sp³-hybridized carbons (Fsp3) is 0.267. The van der Waals surface area contributed by atoms with Crippen LogP contribution in [0.15, 0.2) is 72.8 Å². The molecule has 1 unspecified atom stereocenters. The van der Waals surface area contributed by atoms with E-state index in [1.54, 1.807) is 30.3 Å². The molecule has 0 saturated carbocycles. The van der Waals surface area contributed by atoms with Crippen molar-refractivity contribution < 1.29 is 23.6 Å². The third-order valence-electron chi connectivity index (χ3n) is 6.81. The Hall–Kier alpha value is -4.08. The highest BCUT2D eigenvalue weighted by molar-refractivity contribution is 6.33. The number of fused-ring (bicyclic) bond motifs is 1. The van der Waals surface area contributed by atoms with Gasteiger partial charge in [0.1, 0.15) is 17.9 Å². The number of ketones is 1. The van der Waals surface area contributed by atoms with E-state index in [2.05, 4.69) is 10.6 Å². The van der Waals surface area contributed by atoms with Gasteiger partial charge >= 0.3 is 0 Å². The van der Waals surface area contributed by atoms with Gasteiger partial charge in [0.15, 0.2) is 5.78 Å². The van der Waals surface area contributed by atoms with Crippen molar-refractivity contribution in [2.24, 2.45) is 5.73 Å². The van der Waals surface area contributed by atoms with Crippen LogP contribution in [0.1, 0.15) is 40.7 Å². The van der Waals surface area contributed by atoms with Crippen molar-refractivity contribution in [3.05, 3.63) is 100 Å². The van der Waals surface area contributed by atoms with Gasteiger partial charge in [-0.3, -0.25) is 19.2 Å². The molecule has 3 aromatic carbocycles.